The number of anilines is 1. The molecule has 0 radical (unpaired) electrons. The lowest BCUT2D eigenvalue weighted by Gasteiger charge is -2.07. The summed E-state index contributed by atoms with van der Waals surface area (Å²) in [5.41, 5.74) is 1.35. The van der Waals surface area contributed by atoms with E-state index in [0.717, 1.165) is 11.8 Å². The van der Waals surface area contributed by atoms with Crippen LogP contribution >= 0.6 is 11.6 Å². The van der Waals surface area contributed by atoms with Crippen molar-refractivity contribution in [3.8, 4) is 0 Å². The Balaban J connectivity index is 3.26. The van der Waals surface area contributed by atoms with Crippen LogP contribution in [0, 0.1) is 0 Å². The van der Waals surface area contributed by atoms with Crippen molar-refractivity contribution in [3.63, 3.8) is 0 Å². The third kappa shape index (κ3) is 2.12. The number of halogens is 1. The molecule has 74 valence electrons. The van der Waals surface area contributed by atoms with Crippen LogP contribution in [0.3, 0.4) is 0 Å². The van der Waals surface area contributed by atoms with Crippen LogP contribution in [0.5, 0.6) is 0 Å². The second kappa shape index (κ2) is 4.77. The van der Waals surface area contributed by atoms with Gasteiger partial charge >= 0.3 is 0 Å². The van der Waals surface area contributed by atoms with Gasteiger partial charge in [-0.05, 0) is 19.1 Å². The van der Waals surface area contributed by atoms with E-state index in [2.05, 4.69) is 10.3 Å². The van der Waals surface area contributed by atoms with E-state index < -0.39 is 0 Å². The monoisotopic (exact) mass is 210 g/mol. The maximum Gasteiger partial charge on any atom is 0.150 e. The Morgan fingerprint density at radius 3 is 2.79 bits per heavy atom. The Bertz CT molecular complexity index is 374. The summed E-state index contributed by atoms with van der Waals surface area (Å²) in [4.78, 5) is 14.8. The van der Waals surface area contributed by atoms with E-state index in [9.17, 15) is 4.79 Å². The number of allylic oxidation sites excluding steroid dienone is 2. The summed E-state index contributed by atoms with van der Waals surface area (Å²) in [5, 5.41) is 3.29. The summed E-state index contributed by atoms with van der Waals surface area (Å²) in [6.07, 6.45) is 2.53. The fraction of sp³-hybridized carbons (Fsp3) is 0.200. The second-order valence-corrected chi connectivity index (χ2v) is 3.03. The van der Waals surface area contributed by atoms with Gasteiger partial charge in [-0.3, -0.25) is 4.79 Å². The molecular weight excluding hydrogens is 200 g/mol. The highest BCUT2D eigenvalue weighted by atomic mass is 35.5. The van der Waals surface area contributed by atoms with Crippen LogP contribution < -0.4 is 5.32 Å². The van der Waals surface area contributed by atoms with Gasteiger partial charge in [0.2, 0.25) is 0 Å². The summed E-state index contributed by atoms with van der Waals surface area (Å²) in [6.45, 7) is 1.80. The minimum absolute atomic E-state index is 0.402. The van der Waals surface area contributed by atoms with Crippen molar-refractivity contribution >= 4 is 29.3 Å². The molecule has 0 aliphatic heterocycles. The van der Waals surface area contributed by atoms with Crippen LogP contribution in [-0.2, 0) is 4.79 Å². The number of carbonyl (C=O) groups excluding carboxylic acids is 1. The number of pyridine rings is 1. The first-order chi connectivity index (χ1) is 6.72. The fourth-order valence-electron chi connectivity index (χ4n) is 1.15. The van der Waals surface area contributed by atoms with Gasteiger partial charge in [0.25, 0.3) is 0 Å². The lowest BCUT2D eigenvalue weighted by Crippen LogP contribution is -1.99. The van der Waals surface area contributed by atoms with Crippen LogP contribution in [0.4, 0.5) is 5.82 Å². The van der Waals surface area contributed by atoms with Gasteiger partial charge in [-0.1, -0.05) is 17.7 Å². The molecule has 0 atom stereocenters. The maximum atomic E-state index is 10.7. The molecule has 3 nitrogen and oxygen atoms in total. The van der Waals surface area contributed by atoms with Crippen molar-refractivity contribution in [1.82, 2.24) is 4.98 Å². The van der Waals surface area contributed by atoms with Gasteiger partial charge in [0.1, 0.15) is 17.3 Å². The van der Waals surface area contributed by atoms with Gasteiger partial charge in [-0.15, -0.1) is 0 Å². The highest BCUT2D eigenvalue weighted by molar-refractivity contribution is 6.29. The molecule has 0 aromatic carbocycles. The molecule has 1 heterocycles. The molecule has 14 heavy (non-hydrogen) atoms. The van der Waals surface area contributed by atoms with Gasteiger partial charge in [-0.2, -0.15) is 0 Å². The molecule has 1 N–H and O–H groups in total. The van der Waals surface area contributed by atoms with Crippen molar-refractivity contribution in [2.75, 3.05) is 12.4 Å². The van der Waals surface area contributed by atoms with Crippen LogP contribution in [0.15, 0.2) is 18.2 Å². The molecule has 0 unspecified atom stereocenters. The van der Waals surface area contributed by atoms with E-state index in [1.54, 1.807) is 32.2 Å². The van der Waals surface area contributed by atoms with E-state index in [4.69, 9.17) is 11.6 Å². The average Bonchev–Trinajstić information content (AvgIpc) is 2.21. The summed E-state index contributed by atoms with van der Waals surface area (Å²) in [7, 11) is 1.74. The normalized spacial score (nSPS) is 11.2. The first-order valence-corrected chi connectivity index (χ1v) is 4.57. The van der Waals surface area contributed by atoms with E-state index in [1.807, 2.05) is 0 Å². The van der Waals surface area contributed by atoms with Crippen LogP contribution in [0.2, 0.25) is 5.15 Å². The van der Waals surface area contributed by atoms with E-state index in [0.29, 0.717) is 16.5 Å². The third-order valence-electron chi connectivity index (χ3n) is 1.85. The summed E-state index contributed by atoms with van der Waals surface area (Å²) in [5.74, 6) is 0.609. The molecule has 0 aliphatic carbocycles. The molecule has 1 aromatic rings. The van der Waals surface area contributed by atoms with Crippen LogP contribution in [-0.4, -0.2) is 18.3 Å². The number of rotatable bonds is 3. The molecule has 0 amide bonds. The van der Waals surface area contributed by atoms with Crippen molar-refractivity contribution < 1.29 is 4.79 Å². The number of aldehydes is 1. The van der Waals surface area contributed by atoms with Gasteiger partial charge < -0.3 is 5.32 Å². The number of nitrogens with one attached hydrogen (secondary N) is 1. The van der Waals surface area contributed by atoms with Gasteiger partial charge in [0.15, 0.2) is 0 Å². The summed E-state index contributed by atoms with van der Waals surface area (Å²) < 4.78 is 0. The first kappa shape index (κ1) is 10.7. The van der Waals surface area contributed by atoms with E-state index >= 15 is 0 Å². The van der Waals surface area contributed by atoms with Gasteiger partial charge in [-0.25, -0.2) is 4.98 Å². The summed E-state index contributed by atoms with van der Waals surface area (Å²) in [6, 6.07) is 3.43. The second-order valence-electron chi connectivity index (χ2n) is 2.64. The number of nitrogens with zero attached hydrogens (tertiary/aromatic N) is 1. The van der Waals surface area contributed by atoms with Crippen molar-refractivity contribution in [2.45, 2.75) is 6.92 Å². The zero-order valence-corrected chi connectivity index (χ0v) is 8.80. The highest BCUT2D eigenvalue weighted by Crippen LogP contribution is 2.22. The number of hydrogen-bond donors (Lipinski definition) is 1. The molecule has 0 fully saturated rings. The Hall–Kier alpha value is -1.35. The SMILES string of the molecule is C/C=C(/C=O)c1ccc(Cl)nc1NC. The maximum absolute atomic E-state index is 10.7. The predicted molar refractivity (Wildman–Crippen MR) is 58.5 cm³/mol. The largest absolute Gasteiger partial charge is 0.373 e. The number of carbonyl (C=O) groups is 1. The lowest BCUT2D eigenvalue weighted by molar-refractivity contribution is -0.103. The molecule has 4 heteroatoms. The Kier molecular flexibility index (Phi) is 3.65. The number of aromatic nitrogens is 1. The topological polar surface area (TPSA) is 42.0 Å². The molecule has 0 saturated heterocycles. The predicted octanol–water partition coefficient (Wildman–Crippen LogP) is 2.38. The standard InChI is InChI=1S/C10H11ClN2O/c1-3-7(6-14)8-4-5-9(11)13-10(8)12-2/h3-6H,1-2H3,(H,12,13)/b7-3-. The Morgan fingerprint density at radius 2 is 2.29 bits per heavy atom. The molecule has 0 bridgehead atoms. The highest BCUT2D eigenvalue weighted by Gasteiger charge is 2.06. The number of hydrogen-bond acceptors (Lipinski definition) is 3. The van der Waals surface area contributed by atoms with Crippen molar-refractivity contribution in [1.29, 1.82) is 0 Å². The molecule has 0 saturated carbocycles. The third-order valence-corrected chi connectivity index (χ3v) is 2.06. The van der Waals surface area contributed by atoms with Gasteiger partial charge in [0.05, 0.1) is 0 Å². The smallest absolute Gasteiger partial charge is 0.150 e. The molecular formula is C10H11ClN2O. The van der Waals surface area contributed by atoms with Gasteiger partial charge in [0, 0.05) is 18.2 Å². The van der Waals surface area contributed by atoms with E-state index in [-0.39, 0.29) is 0 Å². The molecule has 1 rings (SSSR count). The molecule has 0 aliphatic rings. The lowest BCUT2D eigenvalue weighted by atomic mass is 10.1. The fourth-order valence-corrected chi connectivity index (χ4v) is 1.29. The Labute approximate surface area is 87.8 Å². The van der Waals surface area contributed by atoms with Crippen molar-refractivity contribution in [2.24, 2.45) is 0 Å². The zero-order valence-electron chi connectivity index (χ0n) is 8.04. The van der Waals surface area contributed by atoms with Crippen molar-refractivity contribution in [3.05, 3.63) is 28.9 Å². The minimum Gasteiger partial charge on any atom is -0.373 e. The molecule has 0 spiro atoms. The summed E-state index contributed by atoms with van der Waals surface area (Å²) >= 11 is 5.73. The van der Waals surface area contributed by atoms with E-state index in [1.165, 1.54) is 0 Å². The first-order valence-electron chi connectivity index (χ1n) is 4.19. The quantitative estimate of drug-likeness (QED) is 0.473. The van der Waals surface area contributed by atoms with Crippen LogP contribution in [0.1, 0.15) is 12.5 Å². The minimum atomic E-state index is 0.402. The Morgan fingerprint density at radius 1 is 1.57 bits per heavy atom. The molecule has 1 aromatic heterocycles. The van der Waals surface area contributed by atoms with Crippen LogP contribution in [0.25, 0.3) is 5.57 Å². The zero-order chi connectivity index (χ0) is 10.6. The average molecular weight is 211 g/mol.